The summed E-state index contributed by atoms with van der Waals surface area (Å²) in [5.41, 5.74) is 2.94. The third-order valence-corrected chi connectivity index (χ3v) is 3.03. The first kappa shape index (κ1) is 13.9. The summed E-state index contributed by atoms with van der Waals surface area (Å²) in [6.45, 7) is 5.77. The molecule has 0 aliphatic carbocycles. The van der Waals surface area contributed by atoms with Gasteiger partial charge in [0, 0.05) is 37.2 Å². The molecular formula is C13H20N4O2. The highest BCUT2D eigenvalue weighted by Gasteiger charge is 2.10. The zero-order valence-electron chi connectivity index (χ0n) is 11.4. The second-order valence-corrected chi connectivity index (χ2v) is 4.66. The van der Waals surface area contributed by atoms with Crippen molar-refractivity contribution in [1.82, 2.24) is 19.3 Å². The second-order valence-electron chi connectivity index (χ2n) is 4.66. The maximum absolute atomic E-state index is 9.00. The molecule has 6 heteroatoms. The number of hydrogen-bond acceptors (Lipinski definition) is 5. The lowest BCUT2D eigenvalue weighted by Gasteiger charge is -2.18. The predicted octanol–water partition coefficient (Wildman–Crippen LogP) is 0.133. The van der Waals surface area contributed by atoms with E-state index in [2.05, 4.69) is 9.97 Å². The molecule has 0 aliphatic heterocycles. The van der Waals surface area contributed by atoms with Crippen molar-refractivity contribution in [3.8, 4) is 0 Å². The van der Waals surface area contributed by atoms with E-state index < -0.39 is 0 Å². The molecule has 0 atom stereocenters. The van der Waals surface area contributed by atoms with Crippen LogP contribution in [0.1, 0.15) is 17.1 Å². The topological polar surface area (TPSA) is 73.9 Å². The molecule has 0 fully saturated rings. The summed E-state index contributed by atoms with van der Waals surface area (Å²) in [7, 11) is 0. The summed E-state index contributed by atoms with van der Waals surface area (Å²) in [6.07, 6.45) is 1.96. The fourth-order valence-corrected chi connectivity index (χ4v) is 2.18. The third kappa shape index (κ3) is 3.28. The molecule has 0 radical (unpaired) electrons. The van der Waals surface area contributed by atoms with Crippen LogP contribution in [0.2, 0.25) is 0 Å². The molecule has 0 saturated heterocycles. The Morgan fingerprint density at radius 1 is 1.16 bits per heavy atom. The Bertz CT molecular complexity index is 547. The molecule has 19 heavy (non-hydrogen) atoms. The Balaban J connectivity index is 2.23. The van der Waals surface area contributed by atoms with Gasteiger partial charge in [0.15, 0.2) is 0 Å². The fraction of sp³-hybridized carbons (Fsp3) is 0.538. The number of aryl methyl sites for hydroxylation is 2. The second kappa shape index (κ2) is 6.10. The standard InChI is InChI=1S/C13H20N4O2/c1-10-7-11(2)17-9-12(15-13(17)14-10)8-16(3-5-18)4-6-19/h7,9,18-19H,3-6,8H2,1-2H3. The monoisotopic (exact) mass is 264 g/mol. The number of hydrogen-bond donors (Lipinski definition) is 2. The van der Waals surface area contributed by atoms with Crippen LogP contribution in [-0.2, 0) is 6.54 Å². The number of aliphatic hydroxyl groups excluding tert-OH is 2. The molecule has 2 N–H and O–H groups in total. The Hall–Kier alpha value is -1.50. The van der Waals surface area contributed by atoms with Crippen LogP contribution in [0.5, 0.6) is 0 Å². The van der Waals surface area contributed by atoms with Gasteiger partial charge in [-0.15, -0.1) is 0 Å². The van der Waals surface area contributed by atoms with E-state index in [9.17, 15) is 0 Å². The normalized spacial score (nSPS) is 11.6. The maximum atomic E-state index is 9.00. The van der Waals surface area contributed by atoms with E-state index in [4.69, 9.17) is 10.2 Å². The summed E-state index contributed by atoms with van der Waals surface area (Å²) >= 11 is 0. The first-order chi connectivity index (χ1) is 9.13. The van der Waals surface area contributed by atoms with Gasteiger partial charge in [0.2, 0.25) is 5.78 Å². The van der Waals surface area contributed by atoms with Gasteiger partial charge in [-0.3, -0.25) is 9.30 Å². The van der Waals surface area contributed by atoms with Gasteiger partial charge in [0.25, 0.3) is 0 Å². The van der Waals surface area contributed by atoms with Gasteiger partial charge in [-0.2, -0.15) is 0 Å². The van der Waals surface area contributed by atoms with Gasteiger partial charge >= 0.3 is 0 Å². The highest BCUT2D eigenvalue weighted by molar-refractivity contribution is 5.34. The minimum atomic E-state index is 0.0732. The van der Waals surface area contributed by atoms with Crippen LogP contribution in [0.3, 0.4) is 0 Å². The minimum Gasteiger partial charge on any atom is -0.395 e. The molecule has 2 aromatic rings. The van der Waals surface area contributed by atoms with Gasteiger partial charge < -0.3 is 10.2 Å². The van der Waals surface area contributed by atoms with Crippen LogP contribution in [0.25, 0.3) is 5.78 Å². The third-order valence-electron chi connectivity index (χ3n) is 3.03. The van der Waals surface area contributed by atoms with Crippen molar-refractivity contribution in [3.05, 3.63) is 29.3 Å². The van der Waals surface area contributed by atoms with Gasteiger partial charge in [-0.05, 0) is 19.9 Å². The van der Waals surface area contributed by atoms with Gasteiger partial charge in [-0.1, -0.05) is 0 Å². The molecule has 0 amide bonds. The Kier molecular flexibility index (Phi) is 4.47. The molecule has 0 spiro atoms. The smallest absolute Gasteiger partial charge is 0.234 e. The lowest BCUT2D eigenvalue weighted by molar-refractivity contribution is 0.155. The Labute approximate surface area is 112 Å². The number of nitrogens with zero attached hydrogens (tertiary/aromatic N) is 4. The number of imidazole rings is 1. The molecule has 0 bridgehead atoms. The van der Waals surface area contributed by atoms with E-state index in [0.717, 1.165) is 17.1 Å². The number of rotatable bonds is 6. The van der Waals surface area contributed by atoms with E-state index in [1.807, 2.05) is 35.4 Å². The molecule has 2 heterocycles. The van der Waals surface area contributed by atoms with E-state index in [-0.39, 0.29) is 13.2 Å². The van der Waals surface area contributed by atoms with E-state index in [1.165, 1.54) is 0 Å². The maximum Gasteiger partial charge on any atom is 0.234 e. The summed E-state index contributed by atoms with van der Waals surface area (Å²) in [6, 6.07) is 2.01. The van der Waals surface area contributed by atoms with Crippen LogP contribution in [0, 0.1) is 13.8 Å². The van der Waals surface area contributed by atoms with Gasteiger partial charge in [-0.25, -0.2) is 9.97 Å². The molecule has 2 rings (SSSR count). The van der Waals surface area contributed by atoms with Crippen molar-refractivity contribution in [2.24, 2.45) is 0 Å². The zero-order valence-corrected chi connectivity index (χ0v) is 11.4. The first-order valence-corrected chi connectivity index (χ1v) is 6.40. The van der Waals surface area contributed by atoms with E-state index in [1.54, 1.807) is 0 Å². The summed E-state index contributed by atoms with van der Waals surface area (Å²) in [5, 5.41) is 18.0. The lowest BCUT2D eigenvalue weighted by Crippen LogP contribution is -2.29. The largest absolute Gasteiger partial charge is 0.395 e. The highest BCUT2D eigenvalue weighted by Crippen LogP contribution is 2.10. The summed E-state index contributed by atoms with van der Waals surface area (Å²) in [5.74, 6) is 0.695. The van der Waals surface area contributed by atoms with Crippen LogP contribution in [-0.4, -0.2) is 55.8 Å². The van der Waals surface area contributed by atoms with Gasteiger partial charge in [0.05, 0.1) is 18.9 Å². The number of fused-ring (bicyclic) bond motifs is 1. The summed E-state index contributed by atoms with van der Waals surface area (Å²) in [4.78, 5) is 10.8. The molecule has 0 aromatic carbocycles. The average Bonchev–Trinajstić information content (AvgIpc) is 2.72. The van der Waals surface area contributed by atoms with Crippen LogP contribution in [0.15, 0.2) is 12.3 Å². The molecule has 0 aliphatic rings. The van der Waals surface area contributed by atoms with Crippen molar-refractivity contribution in [3.63, 3.8) is 0 Å². The average molecular weight is 264 g/mol. The number of aliphatic hydroxyl groups is 2. The zero-order chi connectivity index (χ0) is 13.8. The van der Waals surface area contributed by atoms with Crippen molar-refractivity contribution in [2.75, 3.05) is 26.3 Å². The highest BCUT2D eigenvalue weighted by atomic mass is 16.3. The van der Waals surface area contributed by atoms with Crippen LogP contribution >= 0.6 is 0 Å². The molecule has 0 unspecified atom stereocenters. The molecular weight excluding hydrogens is 244 g/mol. The Morgan fingerprint density at radius 3 is 2.47 bits per heavy atom. The predicted molar refractivity (Wildman–Crippen MR) is 71.9 cm³/mol. The molecule has 6 nitrogen and oxygen atoms in total. The quantitative estimate of drug-likeness (QED) is 0.776. The fourth-order valence-electron chi connectivity index (χ4n) is 2.18. The van der Waals surface area contributed by atoms with E-state index in [0.29, 0.717) is 25.4 Å². The van der Waals surface area contributed by atoms with Crippen molar-refractivity contribution < 1.29 is 10.2 Å². The van der Waals surface area contributed by atoms with E-state index >= 15 is 0 Å². The van der Waals surface area contributed by atoms with Crippen LogP contribution in [0.4, 0.5) is 0 Å². The minimum absolute atomic E-state index is 0.0732. The van der Waals surface area contributed by atoms with Crippen molar-refractivity contribution in [2.45, 2.75) is 20.4 Å². The number of aromatic nitrogens is 3. The lowest BCUT2D eigenvalue weighted by atomic mass is 10.3. The Morgan fingerprint density at radius 2 is 1.84 bits per heavy atom. The van der Waals surface area contributed by atoms with Crippen LogP contribution < -0.4 is 0 Å². The SMILES string of the molecule is Cc1cc(C)n2cc(CN(CCO)CCO)nc2n1. The van der Waals surface area contributed by atoms with Gasteiger partial charge in [0.1, 0.15) is 0 Å². The molecule has 104 valence electrons. The molecule has 0 saturated carbocycles. The first-order valence-electron chi connectivity index (χ1n) is 6.40. The summed E-state index contributed by atoms with van der Waals surface area (Å²) < 4.78 is 1.96. The van der Waals surface area contributed by atoms with Crippen molar-refractivity contribution >= 4 is 5.78 Å². The molecule has 2 aromatic heterocycles. The van der Waals surface area contributed by atoms with Crippen molar-refractivity contribution in [1.29, 1.82) is 0 Å².